The van der Waals surface area contributed by atoms with Crippen LogP contribution in [0.4, 0.5) is 0 Å². The van der Waals surface area contributed by atoms with Crippen molar-refractivity contribution in [2.24, 2.45) is 0 Å². The highest BCUT2D eigenvalue weighted by molar-refractivity contribution is 7.17. The largest absolute Gasteiger partial charge is 0.508 e. The Morgan fingerprint density at radius 3 is 3.08 bits per heavy atom. The third-order valence-corrected chi connectivity index (χ3v) is 3.02. The van der Waals surface area contributed by atoms with Crippen LogP contribution in [0, 0.1) is 0 Å². The van der Waals surface area contributed by atoms with E-state index in [1.165, 1.54) is 10.3 Å². The summed E-state index contributed by atoms with van der Waals surface area (Å²) in [5.41, 5.74) is 1.25. The molecular weight excluding hydrogens is 182 g/mol. The summed E-state index contributed by atoms with van der Waals surface area (Å²) in [6.07, 6.45) is 0. The van der Waals surface area contributed by atoms with Crippen molar-refractivity contribution in [3.05, 3.63) is 29.1 Å². The van der Waals surface area contributed by atoms with Crippen molar-refractivity contribution in [2.75, 3.05) is 7.05 Å². The molecule has 68 valence electrons. The van der Waals surface area contributed by atoms with E-state index in [9.17, 15) is 5.11 Å². The Kier molecular flexibility index (Phi) is 2.20. The highest BCUT2D eigenvalue weighted by Crippen LogP contribution is 2.28. The van der Waals surface area contributed by atoms with E-state index < -0.39 is 0 Å². The van der Waals surface area contributed by atoms with E-state index in [1.807, 2.05) is 19.2 Å². The lowest BCUT2D eigenvalue weighted by molar-refractivity contribution is 0.476. The first-order valence-electron chi connectivity index (χ1n) is 4.15. The standard InChI is InChI=1S/C10H11NOS/c1-11-5-7-6-13-10-3-2-8(12)4-9(7)10/h2-4,6,11-12H,5H2,1H3. The van der Waals surface area contributed by atoms with Gasteiger partial charge in [-0.3, -0.25) is 0 Å². The molecule has 2 rings (SSSR count). The van der Waals surface area contributed by atoms with Crippen LogP contribution in [0.3, 0.4) is 0 Å². The lowest BCUT2D eigenvalue weighted by Crippen LogP contribution is -2.03. The molecule has 0 atom stereocenters. The molecule has 2 aromatic rings. The molecule has 0 aliphatic heterocycles. The van der Waals surface area contributed by atoms with Crippen LogP contribution in [0.15, 0.2) is 23.6 Å². The number of fused-ring (bicyclic) bond motifs is 1. The maximum atomic E-state index is 9.33. The molecule has 2 N–H and O–H groups in total. The number of phenols is 1. The quantitative estimate of drug-likeness (QED) is 0.767. The number of thiophene rings is 1. The van der Waals surface area contributed by atoms with Gasteiger partial charge in [-0.25, -0.2) is 0 Å². The first kappa shape index (κ1) is 8.53. The minimum atomic E-state index is 0.336. The molecule has 3 heteroatoms. The molecule has 0 aliphatic carbocycles. The number of nitrogens with one attached hydrogen (secondary N) is 1. The van der Waals surface area contributed by atoms with Gasteiger partial charge in [0.25, 0.3) is 0 Å². The second-order valence-corrected chi connectivity index (χ2v) is 3.88. The molecule has 1 aromatic heterocycles. The fourth-order valence-electron chi connectivity index (χ4n) is 1.40. The van der Waals surface area contributed by atoms with E-state index in [4.69, 9.17) is 0 Å². The predicted molar refractivity (Wildman–Crippen MR) is 56.3 cm³/mol. The molecule has 0 saturated heterocycles. The van der Waals surface area contributed by atoms with Crippen molar-refractivity contribution in [1.82, 2.24) is 5.32 Å². The molecular formula is C10H11NOS. The van der Waals surface area contributed by atoms with E-state index in [-0.39, 0.29) is 0 Å². The van der Waals surface area contributed by atoms with Gasteiger partial charge in [0.05, 0.1) is 0 Å². The Morgan fingerprint density at radius 1 is 1.46 bits per heavy atom. The van der Waals surface area contributed by atoms with Crippen molar-refractivity contribution < 1.29 is 5.11 Å². The monoisotopic (exact) mass is 193 g/mol. The zero-order valence-corrected chi connectivity index (χ0v) is 8.19. The van der Waals surface area contributed by atoms with Gasteiger partial charge in [0.1, 0.15) is 5.75 Å². The van der Waals surface area contributed by atoms with Gasteiger partial charge >= 0.3 is 0 Å². The molecule has 0 unspecified atom stereocenters. The lowest BCUT2D eigenvalue weighted by Gasteiger charge is -1.97. The third kappa shape index (κ3) is 1.53. The summed E-state index contributed by atoms with van der Waals surface area (Å²) >= 11 is 1.71. The zero-order valence-electron chi connectivity index (χ0n) is 7.37. The van der Waals surface area contributed by atoms with Gasteiger partial charge in [-0.15, -0.1) is 11.3 Å². The zero-order chi connectivity index (χ0) is 9.26. The van der Waals surface area contributed by atoms with Gasteiger partial charge in [-0.05, 0) is 36.2 Å². The molecule has 0 bridgehead atoms. The number of phenolic OH excluding ortho intramolecular Hbond substituents is 1. The van der Waals surface area contributed by atoms with E-state index in [2.05, 4.69) is 10.7 Å². The van der Waals surface area contributed by atoms with Crippen molar-refractivity contribution in [1.29, 1.82) is 0 Å². The second-order valence-electron chi connectivity index (χ2n) is 2.97. The van der Waals surface area contributed by atoms with Crippen molar-refractivity contribution >= 4 is 21.4 Å². The Balaban J connectivity index is 2.58. The Labute approximate surface area is 80.8 Å². The summed E-state index contributed by atoms with van der Waals surface area (Å²) < 4.78 is 1.23. The lowest BCUT2D eigenvalue weighted by atomic mass is 10.2. The molecule has 2 nitrogen and oxygen atoms in total. The Morgan fingerprint density at radius 2 is 2.31 bits per heavy atom. The highest BCUT2D eigenvalue weighted by atomic mass is 32.1. The fourth-order valence-corrected chi connectivity index (χ4v) is 2.34. The maximum absolute atomic E-state index is 9.33. The number of aromatic hydroxyl groups is 1. The summed E-state index contributed by atoms with van der Waals surface area (Å²) in [5.74, 6) is 0.336. The number of benzene rings is 1. The third-order valence-electron chi connectivity index (χ3n) is 2.00. The minimum Gasteiger partial charge on any atom is -0.508 e. The van der Waals surface area contributed by atoms with Gasteiger partial charge in [-0.2, -0.15) is 0 Å². The first-order chi connectivity index (χ1) is 6.31. The molecule has 13 heavy (non-hydrogen) atoms. The van der Waals surface area contributed by atoms with Crippen molar-refractivity contribution in [2.45, 2.75) is 6.54 Å². The molecule has 0 fully saturated rings. The molecule has 0 radical (unpaired) electrons. The summed E-state index contributed by atoms with van der Waals surface area (Å²) in [4.78, 5) is 0. The molecule has 1 aromatic carbocycles. The number of hydrogen-bond acceptors (Lipinski definition) is 3. The molecule has 1 heterocycles. The van der Waals surface area contributed by atoms with Gasteiger partial charge in [0, 0.05) is 16.6 Å². The molecule has 0 saturated carbocycles. The van der Waals surface area contributed by atoms with E-state index in [0.29, 0.717) is 5.75 Å². The van der Waals surface area contributed by atoms with Gasteiger partial charge in [-0.1, -0.05) is 0 Å². The van der Waals surface area contributed by atoms with E-state index >= 15 is 0 Å². The second kappa shape index (κ2) is 3.36. The van der Waals surface area contributed by atoms with Gasteiger partial charge in [0.2, 0.25) is 0 Å². The first-order valence-corrected chi connectivity index (χ1v) is 5.03. The summed E-state index contributed by atoms with van der Waals surface area (Å²) in [5, 5.41) is 15.7. The number of hydrogen-bond donors (Lipinski definition) is 2. The van der Waals surface area contributed by atoms with Gasteiger partial charge < -0.3 is 10.4 Å². The molecule has 0 amide bonds. The van der Waals surface area contributed by atoms with Crippen LogP contribution in [-0.4, -0.2) is 12.2 Å². The summed E-state index contributed by atoms with van der Waals surface area (Å²) in [7, 11) is 1.92. The fraction of sp³-hybridized carbons (Fsp3) is 0.200. The number of rotatable bonds is 2. The smallest absolute Gasteiger partial charge is 0.116 e. The summed E-state index contributed by atoms with van der Waals surface area (Å²) in [6, 6.07) is 5.50. The van der Waals surface area contributed by atoms with Gasteiger partial charge in [0.15, 0.2) is 0 Å². The topological polar surface area (TPSA) is 32.3 Å². The SMILES string of the molecule is CNCc1csc2ccc(O)cc12. The Bertz CT molecular complexity index is 422. The van der Waals surface area contributed by atoms with Crippen LogP contribution >= 0.6 is 11.3 Å². The highest BCUT2D eigenvalue weighted by Gasteiger charge is 2.03. The van der Waals surface area contributed by atoms with Crippen molar-refractivity contribution in [3.63, 3.8) is 0 Å². The predicted octanol–water partition coefficient (Wildman–Crippen LogP) is 2.33. The average molecular weight is 193 g/mol. The van der Waals surface area contributed by atoms with Crippen LogP contribution < -0.4 is 5.32 Å². The van der Waals surface area contributed by atoms with Crippen molar-refractivity contribution in [3.8, 4) is 5.75 Å². The van der Waals surface area contributed by atoms with E-state index in [1.54, 1.807) is 17.4 Å². The minimum absolute atomic E-state index is 0.336. The Hall–Kier alpha value is -1.06. The molecule has 0 spiro atoms. The van der Waals surface area contributed by atoms with Crippen LogP contribution in [0.5, 0.6) is 5.75 Å². The summed E-state index contributed by atoms with van der Waals surface area (Å²) in [6.45, 7) is 0.851. The van der Waals surface area contributed by atoms with Crippen LogP contribution in [-0.2, 0) is 6.54 Å². The molecule has 0 aliphatic rings. The van der Waals surface area contributed by atoms with Crippen LogP contribution in [0.2, 0.25) is 0 Å². The van der Waals surface area contributed by atoms with Crippen LogP contribution in [0.25, 0.3) is 10.1 Å². The van der Waals surface area contributed by atoms with E-state index in [0.717, 1.165) is 11.9 Å². The maximum Gasteiger partial charge on any atom is 0.116 e. The average Bonchev–Trinajstić information content (AvgIpc) is 2.49. The normalized spacial score (nSPS) is 10.8. The van der Waals surface area contributed by atoms with Crippen LogP contribution in [0.1, 0.15) is 5.56 Å².